The lowest BCUT2D eigenvalue weighted by Gasteiger charge is -2.16. The van der Waals surface area contributed by atoms with Crippen LogP contribution in [0.25, 0.3) is 17.1 Å². The molecule has 0 aliphatic carbocycles. The Balaban J connectivity index is 1.68. The molecule has 0 atom stereocenters. The highest BCUT2D eigenvalue weighted by molar-refractivity contribution is 5.83. The molecule has 8 nitrogen and oxygen atoms in total. The molecule has 2 heterocycles. The van der Waals surface area contributed by atoms with Gasteiger partial charge < -0.3 is 14.6 Å². The van der Waals surface area contributed by atoms with Crippen molar-refractivity contribution in [1.29, 1.82) is 5.26 Å². The van der Waals surface area contributed by atoms with Crippen LogP contribution >= 0.6 is 0 Å². The molecule has 0 amide bonds. The summed E-state index contributed by atoms with van der Waals surface area (Å²) in [6, 6.07) is 15.4. The SMILES string of the molecule is CC(C)=NN(C)/C(C)=C/c1cc(C)c(Oc2nc(Nc3ccc(C#N)cc3)nc3ccn(C)c23)c(C)c1. The van der Waals surface area contributed by atoms with Gasteiger partial charge in [-0.2, -0.15) is 15.3 Å². The lowest BCUT2D eigenvalue weighted by molar-refractivity contribution is 0.450. The van der Waals surface area contributed by atoms with Gasteiger partial charge in [0.15, 0.2) is 0 Å². The number of anilines is 2. The molecule has 8 heteroatoms. The van der Waals surface area contributed by atoms with E-state index in [1.165, 1.54) is 0 Å². The van der Waals surface area contributed by atoms with Crippen LogP contribution in [0.2, 0.25) is 0 Å². The standard InChI is InChI=1S/C29H31N7O/c1-18(2)34-36(7)21(5)16-23-14-19(3)27(20(4)15-23)37-28-26-25(12-13-35(26)6)32-29(33-28)31-24-10-8-22(17-30)9-11-24/h8-16H,1-7H3,(H,31,32,33)/b21-16+. The molecule has 0 aliphatic rings. The minimum Gasteiger partial charge on any atom is -0.436 e. The molecule has 0 aliphatic heterocycles. The van der Waals surface area contributed by atoms with Crippen molar-refractivity contribution in [3.8, 4) is 17.7 Å². The fraction of sp³-hybridized carbons (Fsp3) is 0.241. The van der Waals surface area contributed by atoms with Crippen molar-refractivity contribution in [2.24, 2.45) is 12.1 Å². The van der Waals surface area contributed by atoms with Crippen LogP contribution < -0.4 is 10.1 Å². The van der Waals surface area contributed by atoms with Crippen LogP contribution in [0.4, 0.5) is 11.6 Å². The highest BCUT2D eigenvalue weighted by Gasteiger charge is 2.16. The van der Waals surface area contributed by atoms with Crippen LogP contribution in [0, 0.1) is 25.2 Å². The minimum absolute atomic E-state index is 0.415. The van der Waals surface area contributed by atoms with E-state index in [4.69, 9.17) is 15.0 Å². The summed E-state index contributed by atoms with van der Waals surface area (Å²) in [5.41, 5.74) is 8.05. The van der Waals surface area contributed by atoms with Crippen molar-refractivity contribution in [3.05, 3.63) is 76.6 Å². The highest BCUT2D eigenvalue weighted by Crippen LogP contribution is 2.34. The van der Waals surface area contributed by atoms with E-state index in [0.717, 1.165) is 50.6 Å². The maximum Gasteiger partial charge on any atom is 0.249 e. The van der Waals surface area contributed by atoms with Crippen molar-refractivity contribution in [2.45, 2.75) is 34.6 Å². The predicted molar refractivity (Wildman–Crippen MR) is 149 cm³/mol. The Hall–Kier alpha value is -4.64. The molecule has 0 saturated heterocycles. The molecular weight excluding hydrogens is 462 g/mol. The van der Waals surface area contributed by atoms with E-state index in [1.54, 1.807) is 12.1 Å². The number of hydrogen-bond acceptors (Lipinski definition) is 7. The number of rotatable bonds is 7. The zero-order chi connectivity index (χ0) is 26.7. The second-order valence-electron chi connectivity index (χ2n) is 9.27. The average Bonchev–Trinajstić information content (AvgIpc) is 3.22. The number of hydrazone groups is 1. The molecule has 2 aromatic carbocycles. The third-order valence-corrected chi connectivity index (χ3v) is 5.88. The van der Waals surface area contributed by atoms with E-state index >= 15 is 0 Å². The molecule has 0 spiro atoms. The number of nitrogens with zero attached hydrogens (tertiary/aromatic N) is 6. The number of aromatic nitrogens is 3. The maximum atomic E-state index is 9.05. The molecule has 37 heavy (non-hydrogen) atoms. The van der Waals surface area contributed by atoms with Crippen LogP contribution in [-0.4, -0.2) is 32.3 Å². The van der Waals surface area contributed by atoms with Crippen molar-refractivity contribution < 1.29 is 4.74 Å². The minimum atomic E-state index is 0.415. The van der Waals surface area contributed by atoms with Crippen molar-refractivity contribution in [2.75, 3.05) is 12.4 Å². The molecular formula is C29H31N7O. The number of fused-ring (bicyclic) bond motifs is 1. The zero-order valence-electron chi connectivity index (χ0n) is 22.3. The molecule has 2 aromatic heterocycles. The lowest BCUT2D eigenvalue weighted by Crippen LogP contribution is -2.09. The van der Waals surface area contributed by atoms with E-state index < -0.39 is 0 Å². The van der Waals surface area contributed by atoms with Crippen LogP contribution in [0.1, 0.15) is 43.0 Å². The van der Waals surface area contributed by atoms with Gasteiger partial charge in [-0.1, -0.05) is 0 Å². The third kappa shape index (κ3) is 5.78. The highest BCUT2D eigenvalue weighted by atomic mass is 16.5. The predicted octanol–water partition coefficient (Wildman–Crippen LogP) is 6.68. The first kappa shape index (κ1) is 25.5. The van der Waals surface area contributed by atoms with Gasteiger partial charge in [0, 0.05) is 37.4 Å². The van der Waals surface area contributed by atoms with Crippen LogP contribution in [0.3, 0.4) is 0 Å². The molecule has 0 fully saturated rings. The van der Waals surface area contributed by atoms with Gasteiger partial charge in [0.05, 0.1) is 17.1 Å². The third-order valence-electron chi connectivity index (χ3n) is 5.88. The number of nitriles is 1. The number of hydrogen-bond donors (Lipinski definition) is 1. The van der Waals surface area contributed by atoms with Gasteiger partial charge in [0.2, 0.25) is 11.8 Å². The Bertz CT molecular complexity index is 1530. The number of nitrogens with one attached hydrogen (secondary N) is 1. The van der Waals surface area contributed by atoms with E-state index in [0.29, 0.717) is 17.4 Å². The number of allylic oxidation sites excluding steroid dienone is 1. The van der Waals surface area contributed by atoms with Crippen molar-refractivity contribution >= 4 is 34.5 Å². The normalized spacial score (nSPS) is 11.2. The quantitative estimate of drug-likeness (QED) is 0.228. The van der Waals surface area contributed by atoms with Crippen molar-refractivity contribution in [1.82, 2.24) is 19.5 Å². The van der Waals surface area contributed by atoms with Gasteiger partial charge in [0.1, 0.15) is 11.3 Å². The summed E-state index contributed by atoms with van der Waals surface area (Å²) in [4.78, 5) is 9.36. The van der Waals surface area contributed by atoms with E-state index in [1.807, 2.05) is 82.7 Å². The summed E-state index contributed by atoms with van der Waals surface area (Å²) >= 11 is 0. The van der Waals surface area contributed by atoms with Crippen LogP contribution in [0.5, 0.6) is 11.6 Å². The maximum absolute atomic E-state index is 9.05. The average molecular weight is 494 g/mol. The lowest BCUT2D eigenvalue weighted by atomic mass is 10.0. The Morgan fingerprint density at radius 3 is 2.38 bits per heavy atom. The van der Waals surface area contributed by atoms with Gasteiger partial charge in [-0.3, -0.25) is 5.01 Å². The topological polar surface area (TPSA) is 91.4 Å². The second kappa shape index (κ2) is 10.5. The van der Waals surface area contributed by atoms with Crippen molar-refractivity contribution in [3.63, 3.8) is 0 Å². The van der Waals surface area contributed by atoms with E-state index in [2.05, 4.69) is 39.7 Å². The summed E-state index contributed by atoms with van der Waals surface area (Å²) in [5, 5.41) is 18.6. The first-order chi connectivity index (χ1) is 17.6. The summed E-state index contributed by atoms with van der Waals surface area (Å²) in [5.74, 6) is 1.64. The monoisotopic (exact) mass is 493 g/mol. The molecule has 0 bridgehead atoms. The Kier molecular flexibility index (Phi) is 7.25. The largest absolute Gasteiger partial charge is 0.436 e. The fourth-order valence-corrected chi connectivity index (χ4v) is 4.08. The van der Waals surface area contributed by atoms with Crippen LogP contribution in [0.15, 0.2) is 59.5 Å². The van der Waals surface area contributed by atoms with E-state index in [9.17, 15) is 0 Å². The first-order valence-electron chi connectivity index (χ1n) is 12.0. The van der Waals surface area contributed by atoms with Gasteiger partial charge in [0.25, 0.3) is 0 Å². The summed E-state index contributed by atoms with van der Waals surface area (Å²) < 4.78 is 8.41. The molecule has 188 valence electrons. The first-order valence-corrected chi connectivity index (χ1v) is 12.0. The molecule has 0 radical (unpaired) electrons. The number of benzene rings is 2. The van der Waals surface area contributed by atoms with Gasteiger partial charge in [-0.25, -0.2) is 4.98 Å². The zero-order valence-corrected chi connectivity index (χ0v) is 22.3. The molecule has 4 aromatic rings. The molecule has 1 N–H and O–H groups in total. The molecule has 4 rings (SSSR count). The number of aryl methyl sites for hydroxylation is 3. The summed E-state index contributed by atoms with van der Waals surface area (Å²) in [7, 11) is 3.89. The smallest absolute Gasteiger partial charge is 0.249 e. The van der Waals surface area contributed by atoms with Gasteiger partial charge in [-0.05, 0) is 99.8 Å². The van der Waals surface area contributed by atoms with E-state index in [-0.39, 0.29) is 0 Å². The molecule has 0 saturated carbocycles. The fourth-order valence-electron chi connectivity index (χ4n) is 4.08. The van der Waals surface area contributed by atoms with Gasteiger partial charge in [-0.15, -0.1) is 0 Å². The summed E-state index contributed by atoms with van der Waals surface area (Å²) in [6.45, 7) is 10.1. The van der Waals surface area contributed by atoms with Gasteiger partial charge >= 0.3 is 0 Å². The second-order valence-corrected chi connectivity index (χ2v) is 9.27. The molecule has 0 unspecified atom stereocenters. The van der Waals surface area contributed by atoms with Crippen LogP contribution in [-0.2, 0) is 7.05 Å². The summed E-state index contributed by atoms with van der Waals surface area (Å²) in [6.07, 6.45) is 4.04. The Labute approximate surface area is 217 Å². The Morgan fingerprint density at radius 1 is 1.08 bits per heavy atom. The number of ether oxygens (including phenoxy) is 1. The Morgan fingerprint density at radius 2 is 1.76 bits per heavy atom.